The van der Waals surface area contributed by atoms with E-state index in [4.69, 9.17) is 0 Å². The van der Waals surface area contributed by atoms with E-state index in [9.17, 15) is 5.11 Å². The Kier molecular flexibility index (Phi) is 4.16. The van der Waals surface area contributed by atoms with Crippen molar-refractivity contribution in [1.29, 1.82) is 0 Å². The van der Waals surface area contributed by atoms with Crippen molar-refractivity contribution in [1.82, 2.24) is 4.90 Å². The Hall–Kier alpha value is -1.51. The molecule has 2 aromatic carbocycles. The number of benzene rings is 2. The van der Waals surface area contributed by atoms with Gasteiger partial charge in [0, 0.05) is 11.5 Å². The molecular formula is C20H24ClNO. The Morgan fingerprint density at radius 2 is 1.87 bits per heavy atom. The molecule has 1 aliphatic heterocycles. The van der Waals surface area contributed by atoms with Gasteiger partial charge in [0.15, 0.2) is 0 Å². The highest BCUT2D eigenvalue weighted by Crippen LogP contribution is 2.52. The summed E-state index contributed by atoms with van der Waals surface area (Å²) in [4.78, 5) is 2.52. The second kappa shape index (κ2) is 5.85. The Balaban J connectivity index is 0.00000156. The predicted molar refractivity (Wildman–Crippen MR) is 96.5 cm³/mol. The first-order chi connectivity index (χ1) is 10.6. The number of nitrogens with zero attached hydrogens (tertiary/aromatic N) is 1. The fraction of sp³-hybridized carbons (Fsp3) is 0.400. The molecule has 0 amide bonds. The highest BCUT2D eigenvalue weighted by molar-refractivity contribution is 5.85. The SMILES string of the molecule is CC1C2Cc3ccc(O)cc3C1(c1ccccc1)CCN2C.Cl. The first kappa shape index (κ1) is 16.4. The van der Waals surface area contributed by atoms with Crippen LogP contribution in [0.5, 0.6) is 5.75 Å². The smallest absolute Gasteiger partial charge is 0.115 e. The highest BCUT2D eigenvalue weighted by Gasteiger charge is 2.51. The standard InChI is InChI=1S/C20H23NO.ClH/c1-14-19-12-15-8-9-17(22)13-18(15)20(14,10-11-21(19)2)16-6-4-3-5-7-16;/h3-9,13-14,19,22H,10-12H2,1-2H3;1H. The molecule has 0 aromatic heterocycles. The van der Waals surface area contributed by atoms with Crippen molar-refractivity contribution in [3.8, 4) is 5.75 Å². The number of rotatable bonds is 1. The van der Waals surface area contributed by atoms with Gasteiger partial charge in [0.1, 0.15) is 5.75 Å². The van der Waals surface area contributed by atoms with Crippen LogP contribution < -0.4 is 0 Å². The van der Waals surface area contributed by atoms with E-state index in [1.807, 2.05) is 12.1 Å². The summed E-state index contributed by atoms with van der Waals surface area (Å²) in [6.45, 7) is 3.50. The van der Waals surface area contributed by atoms with Crippen molar-refractivity contribution < 1.29 is 5.11 Å². The van der Waals surface area contributed by atoms with Crippen LogP contribution >= 0.6 is 12.4 Å². The number of phenols is 1. The minimum atomic E-state index is 0. The van der Waals surface area contributed by atoms with Gasteiger partial charge in [-0.15, -0.1) is 12.4 Å². The van der Waals surface area contributed by atoms with Gasteiger partial charge < -0.3 is 10.0 Å². The van der Waals surface area contributed by atoms with Gasteiger partial charge in [-0.3, -0.25) is 0 Å². The lowest BCUT2D eigenvalue weighted by Gasteiger charge is -2.55. The van der Waals surface area contributed by atoms with Crippen LogP contribution in [0.25, 0.3) is 0 Å². The predicted octanol–water partition coefficient (Wildman–Crippen LogP) is 4.00. The minimum absolute atomic E-state index is 0. The average Bonchev–Trinajstić information content (AvgIpc) is 2.53. The third kappa shape index (κ3) is 2.28. The van der Waals surface area contributed by atoms with Gasteiger partial charge in [0.05, 0.1) is 0 Å². The lowest BCUT2D eigenvalue weighted by molar-refractivity contribution is 0.0613. The third-order valence-corrected chi connectivity index (χ3v) is 6.07. The molecule has 0 saturated carbocycles. The van der Waals surface area contributed by atoms with Gasteiger partial charge in [-0.2, -0.15) is 0 Å². The van der Waals surface area contributed by atoms with E-state index in [0.717, 1.165) is 19.4 Å². The maximum absolute atomic E-state index is 10.1. The molecule has 1 N–H and O–H groups in total. The molecule has 122 valence electrons. The van der Waals surface area contributed by atoms with Gasteiger partial charge in [0.2, 0.25) is 0 Å². The summed E-state index contributed by atoms with van der Waals surface area (Å²) in [5.74, 6) is 0.932. The fourth-order valence-electron chi connectivity index (χ4n) is 4.85. The number of phenolic OH excluding ortho intramolecular Hbond substituents is 1. The van der Waals surface area contributed by atoms with E-state index < -0.39 is 0 Å². The maximum atomic E-state index is 10.1. The van der Waals surface area contributed by atoms with Crippen molar-refractivity contribution in [2.75, 3.05) is 13.6 Å². The van der Waals surface area contributed by atoms with Gasteiger partial charge >= 0.3 is 0 Å². The van der Waals surface area contributed by atoms with E-state index in [2.05, 4.69) is 55.3 Å². The van der Waals surface area contributed by atoms with Crippen LogP contribution in [0.3, 0.4) is 0 Å². The zero-order valence-electron chi connectivity index (χ0n) is 13.7. The van der Waals surface area contributed by atoms with Gasteiger partial charge in [-0.05, 0) is 61.2 Å². The number of likely N-dealkylation sites (tertiary alicyclic amines) is 1. The summed E-state index contributed by atoms with van der Waals surface area (Å²) >= 11 is 0. The lowest BCUT2D eigenvalue weighted by atomic mass is 9.55. The molecule has 0 spiro atoms. The first-order valence-corrected chi connectivity index (χ1v) is 8.21. The molecule has 2 aliphatic rings. The monoisotopic (exact) mass is 329 g/mol. The summed E-state index contributed by atoms with van der Waals surface area (Å²) in [5.41, 5.74) is 4.17. The zero-order valence-corrected chi connectivity index (χ0v) is 14.5. The molecule has 1 aliphatic carbocycles. The number of halogens is 1. The van der Waals surface area contributed by atoms with E-state index in [-0.39, 0.29) is 17.8 Å². The largest absolute Gasteiger partial charge is 0.508 e. The van der Waals surface area contributed by atoms with E-state index in [1.165, 1.54) is 16.7 Å². The maximum Gasteiger partial charge on any atom is 0.115 e. The Labute approximate surface area is 144 Å². The molecule has 1 heterocycles. The Morgan fingerprint density at radius 3 is 2.61 bits per heavy atom. The van der Waals surface area contributed by atoms with E-state index in [0.29, 0.717) is 17.7 Å². The van der Waals surface area contributed by atoms with Crippen LogP contribution in [-0.2, 0) is 11.8 Å². The molecule has 4 rings (SSSR count). The molecule has 2 aromatic rings. The van der Waals surface area contributed by atoms with Crippen molar-refractivity contribution >= 4 is 12.4 Å². The van der Waals surface area contributed by atoms with E-state index >= 15 is 0 Å². The summed E-state index contributed by atoms with van der Waals surface area (Å²) < 4.78 is 0. The second-order valence-corrected chi connectivity index (χ2v) is 6.97. The molecule has 3 heteroatoms. The van der Waals surface area contributed by atoms with E-state index in [1.54, 1.807) is 0 Å². The number of likely N-dealkylation sites (N-methyl/N-ethyl adjacent to an activating group) is 1. The van der Waals surface area contributed by atoms with Crippen LogP contribution in [0.4, 0.5) is 0 Å². The molecular weight excluding hydrogens is 306 g/mol. The molecule has 3 atom stereocenters. The first-order valence-electron chi connectivity index (χ1n) is 8.21. The number of fused-ring (bicyclic) bond motifs is 4. The number of hydrogen-bond acceptors (Lipinski definition) is 2. The van der Waals surface area contributed by atoms with Gasteiger partial charge in [0.25, 0.3) is 0 Å². The van der Waals surface area contributed by atoms with Gasteiger partial charge in [-0.1, -0.05) is 43.3 Å². The normalized spacial score (nSPS) is 29.5. The molecule has 2 bridgehead atoms. The van der Waals surface area contributed by atoms with Crippen molar-refractivity contribution in [3.05, 3.63) is 65.2 Å². The van der Waals surface area contributed by atoms with Crippen LogP contribution in [0, 0.1) is 5.92 Å². The topological polar surface area (TPSA) is 23.5 Å². The average molecular weight is 330 g/mol. The van der Waals surface area contributed by atoms with Gasteiger partial charge in [-0.25, -0.2) is 0 Å². The summed E-state index contributed by atoms with van der Waals surface area (Å²) in [7, 11) is 2.25. The number of hydrogen-bond donors (Lipinski definition) is 1. The molecule has 2 nitrogen and oxygen atoms in total. The van der Waals surface area contributed by atoms with Crippen LogP contribution in [0.2, 0.25) is 0 Å². The third-order valence-electron chi connectivity index (χ3n) is 6.07. The quantitative estimate of drug-likeness (QED) is 0.855. The minimum Gasteiger partial charge on any atom is -0.508 e. The second-order valence-electron chi connectivity index (χ2n) is 6.97. The summed E-state index contributed by atoms with van der Waals surface area (Å²) in [6, 6.07) is 17.4. The Bertz CT molecular complexity index is 702. The molecule has 1 fully saturated rings. The Morgan fingerprint density at radius 1 is 1.13 bits per heavy atom. The lowest BCUT2D eigenvalue weighted by Crippen LogP contribution is -2.58. The van der Waals surface area contributed by atoms with Crippen LogP contribution in [0.1, 0.15) is 30.0 Å². The van der Waals surface area contributed by atoms with Crippen molar-refractivity contribution in [2.45, 2.75) is 31.2 Å². The molecule has 3 unspecified atom stereocenters. The number of piperidine rings is 1. The number of aromatic hydroxyl groups is 1. The highest BCUT2D eigenvalue weighted by atomic mass is 35.5. The van der Waals surface area contributed by atoms with Crippen LogP contribution in [-0.4, -0.2) is 29.6 Å². The van der Waals surface area contributed by atoms with Crippen molar-refractivity contribution in [2.24, 2.45) is 5.92 Å². The molecule has 0 radical (unpaired) electrons. The summed E-state index contributed by atoms with van der Waals surface area (Å²) in [6.07, 6.45) is 2.20. The summed E-state index contributed by atoms with van der Waals surface area (Å²) in [5, 5.41) is 10.1. The molecule has 1 saturated heterocycles. The fourth-order valence-corrected chi connectivity index (χ4v) is 4.85. The zero-order chi connectivity index (χ0) is 15.3. The van der Waals surface area contributed by atoms with Crippen molar-refractivity contribution in [3.63, 3.8) is 0 Å². The van der Waals surface area contributed by atoms with Crippen LogP contribution in [0.15, 0.2) is 48.5 Å². The molecule has 23 heavy (non-hydrogen) atoms.